The summed E-state index contributed by atoms with van der Waals surface area (Å²) in [5.74, 6) is 0.868. The lowest BCUT2D eigenvalue weighted by Gasteiger charge is -1.98. The van der Waals surface area contributed by atoms with Gasteiger partial charge in [0, 0.05) is 5.69 Å². The quantitative estimate of drug-likeness (QED) is 0.853. The third-order valence-electron chi connectivity index (χ3n) is 2.29. The van der Waals surface area contributed by atoms with Gasteiger partial charge in [-0.1, -0.05) is 18.2 Å². The zero-order valence-corrected chi connectivity index (χ0v) is 9.40. The van der Waals surface area contributed by atoms with Crippen LogP contribution in [0.15, 0.2) is 30.3 Å². The van der Waals surface area contributed by atoms with Crippen LogP contribution < -0.4 is 4.74 Å². The molecule has 16 heavy (non-hydrogen) atoms. The molecule has 0 aliphatic carbocycles. The smallest absolute Gasteiger partial charge is 0.118 e. The Morgan fingerprint density at radius 1 is 1.19 bits per heavy atom. The molecular weight excluding hydrogens is 200 g/mol. The summed E-state index contributed by atoms with van der Waals surface area (Å²) >= 11 is 0. The molecule has 0 saturated carbocycles. The average molecular weight is 214 g/mol. The molecule has 0 amide bonds. The van der Waals surface area contributed by atoms with Crippen molar-refractivity contribution < 1.29 is 4.74 Å². The minimum atomic E-state index is 0.868. The summed E-state index contributed by atoms with van der Waals surface area (Å²) in [4.78, 5) is 0. The first-order valence-corrected chi connectivity index (χ1v) is 5.12. The summed E-state index contributed by atoms with van der Waals surface area (Å²) in [6, 6.07) is 9.90. The summed E-state index contributed by atoms with van der Waals surface area (Å²) in [5.41, 5.74) is 3.13. The van der Waals surface area contributed by atoms with Gasteiger partial charge in [-0.3, -0.25) is 5.10 Å². The van der Waals surface area contributed by atoms with Crippen LogP contribution in [0.1, 0.15) is 17.0 Å². The highest BCUT2D eigenvalue weighted by Crippen LogP contribution is 2.13. The van der Waals surface area contributed by atoms with Gasteiger partial charge < -0.3 is 4.74 Å². The van der Waals surface area contributed by atoms with Gasteiger partial charge in [0.15, 0.2) is 0 Å². The number of methoxy groups -OCH3 is 1. The summed E-state index contributed by atoms with van der Waals surface area (Å²) in [5, 5.41) is 7.03. The van der Waals surface area contributed by atoms with Crippen LogP contribution in [0.3, 0.4) is 0 Å². The highest BCUT2D eigenvalue weighted by Gasteiger charge is 1.93. The molecule has 0 saturated heterocycles. The van der Waals surface area contributed by atoms with E-state index < -0.39 is 0 Å². The molecule has 0 spiro atoms. The Bertz CT molecular complexity index is 483. The average Bonchev–Trinajstić information content (AvgIpc) is 2.73. The van der Waals surface area contributed by atoms with Crippen molar-refractivity contribution in [3.8, 4) is 5.75 Å². The molecule has 3 heteroatoms. The molecule has 0 atom stereocenters. The molecule has 1 N–H and O–H groups in total. The van der Waals surface area contributed by atoms with Crippen molar-refractivity contribution in [3.05, 3.63) is 47.3 Å². The molecule has 82 valence electrons. The van der Waals surface area contributed by atoms with E-state index in [1.807, 2.05) is 49.4 Å². The summed E-state index contributed by atoms with van der Waals surface area (Å²) in [7, 11) is 1.66. The van der Waals surface area contributed by atoms with Crippen LogP contribution in [0, 0.1) is 6.92 Å². The van der Waals surface area contributed by atoms with Crippen LogP contribution in [0.25, 0.3) is 12.2 Å². The van der Waals surface area contributed by atoms with E-state index in [-0.39, 0.29) is 0 Å². The van der Waals surface area contributed by atoms with Gasteiger partial charge in [0.1, 0.15) is 5.75 Å². The number of rotatable bonds is 3. The Balaban J connectivity index is 2.11. The molecule has 1 aromatic carbocycles. The zero-order valence-electron chi connectivity index (χ0n) is 9.40. The Hall–Kier alpha value is -2.03. The van der Waals surface area contributed by atoms with Gasteiger partial charge in [0.2, 0.25) is 0 Å². The Morgan fingerprint density at radius 3 is 2.50 bits per heavy atom. The van der Waals surface area contributed by atoms with E-state index in [9.17, 15) is 0 Å². The summed E-state index contributed by atoms with van der Waals surface area (Å²) < 4.78 is 5.09. The van der Waals surface area contributed by atoms with E-state index in [0.717, 1.165) is 22.7 Å². The molecule has 0 aliphatic heterocycles. The molecule has 0 unspecified atom stereocenters. The molecule has 1 heterocycles. The number of aromatic nitrogens is 2. The van der Waals surface area contributed by atoms with Crippen molar-refractivity contribution in [2.45, 2.75) is 6.92 Å². The summed E-state index contributed by atoms with van der Waals surface area (Å²) in [6.07, 6.45) is 4.00. The maximum Gasteiger partial charge on any atom is 0.118 e. The van der Waals surface area contributed by atoms with Crippen LogP contribution >= 0.6 is 0 Å². The normalized spacial score (nSPS) is 10.9. The maximum absolute atomic E-state index is 5.09. The molecule has 0 aliphatic rings. The largest absolute Gasteiger partial charge is 0.497 e. The van der Waals surface area contributed by atoms with Gasteiger partial charge in [-0.25, -0.2) is 0 Å². The number of hydrogen-bond donors (Lipinski definition) is 1. The zero-order chi connectivity index (χ0) is 11.4. The van der Waals surface area contributed by atoms with E-state index in [1.54, 1.807) is 7.11 Å². The number of aromatic amines is 1. The van der Waals surface area contributed by atoms with Crippen molar-refractivity contribution in [3.63, 3.8) is 0 Å². The minimum absolute atomic E-state index is 0.868. The van der Waals surface area contributed by atoms with Crippen molar-refractivity contribution in [1.82, 2.24) is 10.2 Å². The third kappa shape index (κ3) is 2.51. The highest BCUT2D eigenvalue weighted by molar-refractivity contribution is 5.68. The third-order valence-corrected chi connectivity index (χ3v) is 2.29. The number of ether oxygens (including phenoxy) is 1. The first-order valence-electron chi connectivity index (χ1n) is 5.12. The molecular formula is C13H14N2O. The van der Waals surface area contributed by atoms with E-state index in [4.69, 9.17) is 4.74 Å². The Labute approximate surface area is 94.8 Å². The van der Waals surface area contributed by atoms with E-state index in [0.29, 0.717) is 0 Å². The van der Waals surface area contributed by atoms with Crippen LogP contribution in [0.4, 0.5) is 0 Å². The van der Waals surface area contributed by atoms with Crippen molar-refractivity contribution in [2.24, 2.45) is 0 Å². The highest BCUT2D eigenvalue weighted by atomic mass is 16.5. The van der Waals surface area contributed by atoms with Gasteiger partial charge in [-0.05, 0) is 36.8 Å². The monoisotopic (exact) mass is 214 g/mol. The number of nitrogens with one attached hydrogen (secondary N) is 1. The number of hydrogen-bond acceptors (Lipinski definition) is 2. The second-order valence-corrected chi connectivity index (χ2v) is 3.58. The van der Waals surface area contributed by atoms with Gasteiger partial charge in [-0.2, -0.15) is 5.10 Å². The topological polar surface area (TPSA) is 37.9 Å². The van der Waals surface area contributed by atoms with Gasteiger partial charge >= 0.3 is 0 Å². The van der Waals surface area contributed by atoms with Crippen LogP contribution in [-0.4, -0.2) is 17.3 Å². The molecule has 0 fully saturated rings. The maximum atomic E-state index is 5.09. The molecule has 2 aromatic rings. The molecule has 0 radical (unpaired) electrons. The number of H-pyrrole nitrogens is 1. The first kappa shape index (κ1) is 10.5. The number of benzene rings is 1. The van der Waals surface area contributed by atoms with Crippen LogP contribution in [-0.2, 0) is 0 Å². The van der Waals surface area contributed by atoms with Crippen molar-refractivity contribution in [1.29, 1.82) is 0 Å². The molecule has 2 rings (SSSR count). The van der Waals surface area contributed by atoms with Crippen molar-refractivity contribution in [2.75, 3.05) is 7.11 Å². The Morgan fingerprint density at radius 2 is 1.94 bits per heavy atom. The summed E-state index contributed by atoms with van der Waals surface area (Å²) in [6.45, 7) is 1.98. The lowest BCUT2D eigenvalue weighted by Crippen LogP contribution is -1.81. The van der Waals surface area contributed by atoms with E-state index >= 15 is 0 Å². The van der Waals surface area contributed by atoms with E-state index in [1.165, 1.54) is 0 Å². The first-order chi connectivity index (χ1) is 7.78. The van der Waals surface area contributed by atoms with E-state index in [2.05, 4.69) is 10.2 Å². The second kappa shape index (κ2) is 4.66. The van der Waals surface area contributed by atoms with Gasteiger partial charge in [0.05, 0.1) is 12.8 Å². The second-order valence-electron chi connectivity index (χ2n) is 3.58. The van der Waals surface area contributed by atoms with Crippen molar-refractivity contribution >= 4 is 12.2 Å². The fraction of sp³-hybridized carbons (Fsp3) is 0.154. The standard InChI is InChI=1S/C13H14N2O/c1-10-9-12(15-14-10)6-3-11-4-7-13(16-2)8-5-11/h3-9H,1-2H3,(H,14,15)/b6-3+. The number of nitrogens with zero attached hydrogens (tertiary/aromatic N) is 1. The fourth-order valence-electron chi connectivity index (χ4n) is 1.42. The minimum Gasteiger partial charge on any atom is -0.497 e. The SMILES string of the molecule is COc1ccc(/C=C/c2cc(C)[nH]n2)cc1. The van der Waals surface area contributed by atoms with Gasteiger partial charge in [-0.15, -0.1) is 0 Å². The van der Waals surface area contributed by atoms with Crippen LogP contribution in [0.5, 0.6) is 5.75 Å². The lowest BCUT2D eigenvalue weighted by molar-refractivity contribution is 0.415. The van der Waals surface area contributed by atoms with Crippen LogP contribution in [0.2, 0.25) is 0 Å². The number of aryl methyl sites for hydroxylation is 1. The van der Waals surface area contributed by atoms with Gasteiger partial charge in [0.25, 0.3) is 0 Å². The molecule has 0 bridgehead atoms. The lowest BCUT2D eigenvalue weighted by atomic mass is 10.2. The fourth-order valence-corrected chi connectivity index (χ4v) is 1.42. The predicted molar refractivity (Wildman–Crippen MR) is 65.2 cm³/mol. The molecule has 3 nitrogen and oxygen atoms in total. The Kier molecular flexibility index (Phi) is 3.05. The molecule has 1 aromatic heterocycles. The predicted octanol–water partition coefficient (Wildman–Crippen LogP) is 2.90.